The first-order valence-electron chi connectivity index (χ1n) is 11.4. The lowest BCUT2D eigenvalue weighted by molar-refractivity contribution is -0.155. The Kier molecular flexibility index (Phi) is 7.57. The van der Waals surface area contributed by atoms with E-state index in [1.165, 1.54) is 0 Å². The third-order valence-electron chi connectivity index (χ3n) is 5.59. The van der Waals surface area contributed by atoms with Gasteiger partial charge in [0, 0.05) is 29.6 Å². The van der Waals surface area contributed by atoms with Gasteiger partial charge in [0.1, 0.15) is 5.60 Å². The molecule has 1 heterocycles. The Morgan fingerprint density at radius 2 is 1.76 bits per heavy atom. The molecule has 1 aromatic heterocycles. The van der Waals surface area contributed by atoms with E-state index in [-0.39, 0.29) is 24.4 Å². The topological polar surface area (TPSA) is 112 Å². The Morgan fingerprint density at radius 3 is 2.35 bits per heavy atom. The molecule has 0 fully saturated rings. The lowest BCUT2D eigenvalue weighted by Gasteiger charge is -2.20. The van der Waals surface area contributed by atoms with Crippen LogP contribution in [-0.2, 0) is 27.3 Å². The SMILES string of the molecule is CCc1c(C(=O)C(N)=O)c2cc(C(O)CCC(=O)OC(C)(C)C)ccc2n1Cc1ccccc1. The highest BCUT2D eigenvalue weighted by Gasteiger charge is 2.26. The second-order valence-electron chi connectivity index (χ2n) is 9.36. The van der Waals surface area contributed by atoms with Gasteiger partial charge >= 0.3 is 5.97 Å². The van der Waals surface area contributed by atoms with Crippen LogP contribution in [0.2, 0.25) is 0 Å². The number of hydrogen-bond acceptors (Lipinski definition) is 5. The first kappa shape index (κ1) is 25.2. The van der Waals surface area contributed by atoms with Crippen molar-refractivity contribution in [3.8, 4) is 0 Å². The average molecular weight is 465 g/mol. The van der Waals surface area contributed by atoms with Gasteiger partial charge in [0.15, 0.2) is 0 Å². The number of primary amides is 1. The molecule has 0 radical (unpaired) electrons. The molecular weight excluding hydrogens is 432 g/mol. The van der Waals surface area contributed by atoms with E-state index in [0.29, 0.717) is 29.6 Å². The van der Waals surface area contributed by atoms with Gasteiger partial charge in [0.25, 0.3) is 11.7 Å². The minimum Gasteiger partial charge on any atom is -0.460 e. The monoisotopic (exact) mass is 464 g/mol. The highest BCUT2D eigenvalue weighted by molar-refractivity contribution is 6.45. The number of nitrogens with zero attached hydrogens (tertiary/aromatic N) is 1. The van der Waals surface area contributed by atoms with Crippen LogP contribution in [-0.4, -0.2) is 32.9 Å². The number of benzene rings is 2. The van der Waals surface area contributed by atoms with Crippen LogP contribution in [0, 0.1) is 0 Å². The number of aliphatic hydroxyl groups excluding tert-OH is 1. The van der Waals surface area contributed by atoms with E-state index in [2.05, 4.69) is 0 Å². The lowest BCUT2D eigenvalue weighted by Crippen LogP contribution is -2.24. The molecule has 0 aliphatic rings. The Balaban J connectivity index is 2.01. The maximum atomic E-state index is 12.8. The van der Waals surface area contributed by atoms with Crippen LogP contribution in [0.3, 0.4) is 0 Å². The van der Waals surface area contributed by atoms with Crippen LogP contribution in [0.4, 0.5) is 0 Å². The predicted molar refractivity (Wildman–Crippen MR) is 130 cm³/mol. The molecule has 3 aromatic rings. The maximum Gasteiger partial charge on any atom is 0.306 e. The number of hydrogen-bond donors (Lipinski definition) is 2. The Labute approximate surface area is 199 Å². The summed E-state index contributed by atoms with van der Waals surface area (Å²) in [6, 6.07) is 15.1. The Morgan fingerprint density at radius 1 is 1.09 bits per heavy atom. The maximum absolute atomic E-state index is 12.8. The van der Waals surface area contributed by atoms with Gasteiger partial charge in [0.2, 0.25) is 0 Å². The first-order chi connectivity index (χ1) is 16.0. The van der Waals surface area contributed by atoms with Crippen molar-refractivity contribution < 1.29 is 24.2 Å². The summed E-state index contributed by atoms with van der Waals surface area (Å²) in [6.45, 7) is 7.81. The normalized spacial score (nSPS) is 12.5. The van der Waals surface area contributed by atoms with Crippen LogP contribution >= 0.6 is 0 Å². The van der Waals surface area contributed by atoms with Crippen molar-refractivity contribution in [3.05, 3.63) is 70.9 Å². The number of rotatable bonds is 9. The molecule has 1 atom stereocenters. The molecule has 0 spiro atoms. The summed E-state index contributed by atoms with van der Waals surface area (Å²) in [7, 11) is 0. The molecule has 1 amide bonds. The van der Waals surface area contributed by atoms with Gasteiger partial charge in [-0.25, -0.2) is 0 Å². The number of fused-ring (bicyclic) bond motifs is 1. The molecule has 2 aromatic carbocycles. The highest BCUT2D eigenvalue weighted by Crippen LogP contribution is 2.32. The van der Waals surface area contributed by atoms with Gasteiger partial charge in [-0.15, -0.1) is 0 Å². The van der Waals surface area contributed by atoms with Crippen molar-refractivity contribution >= 4 is 28.6 Å². The van der Waals surface area contributed by atoms with Crippen LogP contribution in [0.1, 0.15) is 73.8 Å². The zero-order valence-electron chi connectivity index (χ0n) is 20.1. The zero-order valence-corrected chi connectivity index (χ0v) is 20.1. The van der Waals surface area contributed by atoms with Crippen LogP contribution < -0.4 is 5.73 Å². The number of Topliss-reactive ketones (excluding diaryl/α,β-unsaturated/α-hetero) is 1. The number of carbonyl (C=O) groups excluding carboxylic acids is 3. The number of carbonyl (C=O) groups is 3. The number of esters is 1. The fourth-order valence-electron chi connectivity index (χ4n) is 4.14. The quantitative estimate of drug-likeness (QED) is 0.282. The molecule has 0 saturated heterocycles. The van der Waals surface area contributed by atoms with Crippen molar-refractivity contribution in [2.24, 2.45) is 5.73 Å². The summed E-state index contributed by atoms with van der Waals surface area (Å²) >= 11 is 0. The molecule has 3 N–H and O–H groups in total. The van der Waals surface area contributed by atoms with Crippen molar-refractivity contribution in [2.45, 2.75) is 65.2 Å². The van der Waals surface area contributed by atoms with Crippen molar-refractivity contribution in [1.29, 1.82) is 0 Å². The zero-order chi connectivity index (χ0) is 25.0. The lowest BCUT2D eigenvalue weighted by atomic mass is 9.99. The number of aliphatic hydroxyl groups is 1. The fourth-order valence-corrected chi connectivity index (χ4v) is 4.14. The second kappa shape index (κ2) is 10.2. The van der Waals surface area contributed by atoms with E-state index in [4.69, 9.17) is 10.5 Å². The number of ether oxygens (including phenoxy) is 1. The Bertz CT molecular complexity index is 1210. The summed E-state index contributed by atoms with van der Waals surface area (Å²) in [5.74, 6) is -2.17. The van der Waals surface area contributed by atoms with E-state index in [1.807, 2.05) is 47.9 Å². The molecule has 0 aliphatic carbocycles. The van der Waals surface area contributed by atoms with Gasteiger partial charge in [-0.05, 0) is 56.9 Å². The third kappa shape index (κ3) is 5.72. The molecular formula is C27H32N2O5. The second-order valence-corrected chi connectivity index (χ2v) is 9.36. The first-order valence-corrected chi connectivity index (χ1v) is 11.4. The van der Waals surface area contributed by atoms with Crippen molar-refractivity contribution in [2.75, 3.05) is 0 Å². The van der Waals surface area contributed by atoms with Gasteiger partial charge in [-0.3, -0.25) is 14.4 Å². The average Bonchev–Trinajstić information content (AvgIpc) is 3.08. The minimum atomic E-state index is -1.02. The Hall–Kier alpha value is -3.45. The number of amides is 1. The highest BCUT2D eigenvalue weighted by atomic mass is 16.6. The van der Waals surface area contributed by atoms with Crippen LogP contribution in [0.15, 0.2) is 48.5 Å². The molecule has 1 unspecified atom stereocenters. The number of aromatic nitrogens is 1. The summed E-state index contributed by atoms with van der Waals surface area (Å²) < 4.78 is 7.32. The molecule has 7 nitrogen and oxygen atoms in total. The van der Waals surface area contributed by atoms with Crippen molar-refractivity contribution in [3.63, 3.8) is 0 Å². The van der Waals surface area contributed by atoms with Crippen molar-refractivity contribution in [1.82, 2.24) is 4.57 Å². The largest absolute Gasteiger partial charge is 0.460 e. The van der Waals surface area contributed by atoms with E-state index >= 15 is 0 Å². The minimum absolute atomic E-state index is 0.0543. The van der Waals surface area contributed by atoms with E-state index < -0.39 is 23.4 Å². The number of ketones is 1. The summed E-state index contributed by atoms with van der Waals surface area (Å²) in [6.07, 6.45) is -0.188. The third-order valence-corrected chi connectivity index (χ3v) is 5.59. The van der Waals surface area contributed by atoms with Gasteiger partial charge in [-0.1, -0.05) is 43.3 Å². The van der Waals surface area contributed by atoms with Gasteiger partial charge in [-0.2, -0.15) is 0 Å². The van der Waals surface area contributed by atoms with Gasteiger partial charge in [0.05, 0.1) is 11.7 Å². The summed E-state index contributed by atoms with van der Waals surface area (Å²) in [4.78, 5) is 36.7. The molecule has 34 heavy (non-hydrogen) atoms. The molecule has 3 rings (SSSR count). The summed E-state index contributed by atoms with van der Waals surface area (Å²) in [5.41, 5.74) is 8.13. The van der Waals surface area contributed by atoms with E-state index in [9.17, 15) is 19.5 Å². The van der Waals surface area contributed by atoms with E-state index in [0.717, 1.165) is 11.1 Å². The van der Waals surface area contributed by atoms with Crippen LogP contribution in [0.25, 0.3) is 10.9 Å². The van der Waals surface area contributed by atoms with Crippen LogP contribution in [0.5, 0.6) is 0 Å². The fraction of sp³-hybridized carbons (Fsp3) is 0.370. The molecule has 0 bridgehead atoms. The van der Waals surface area contributed by atoms with Gasteiger partial charge < -0.3 is 20.1 Å². The molecule has 0 aliphatic heterocycles. The number of nitrogens with two attached hydrogens (primary N) is 1. The standard InChI is InChI=1S/C27H32N2O5/c1-5-20-24(25(32)26(28)33)19-15-18(22(30)13-14-23(31)34-27(2,3)4)11-12-21(19)29(20)16-17-9-7-6-8-10-17/h6-12,15,22,30H,5,13-14,16H2,1-4H3,(H2,28,33). The predicted octanol–water partition coefficient (Wildman–Crippen LogP) is 4.08. The molecule has 0 saturated carbocycles. The molecule has 180 valence electrons. The molecule has 7 heteroatoms. The summed E-state index contributed by atoms with van der Waals surface area (Å²) in [5, 5.41) is 11.3. The smallest absolute Gasteiger partial charge is 0.306 e. The van der Waals surface area contributed by atoms with E-state index in [1.54, 1.807) is 32.9 Å².